The smallest absolute Gasteiger partial charge is 0.322 e. The maximum Gasteiger partial charge on any atom is 0.322 e. The van der Waals surface area contributed by atoms with Crippen molar-refractivity contribution in [3.05, 3.63) is 5.82 Å². The lowest BCUT2D eigenvalue weighted by atomic mass is 10.4. The van der Waals surface area contributed by atoms with E-state index >= 15 is 0 Å². The lowest BCUT2D eigenvalue weighted by molar-refractivity contribution is 0.378. The molecule has 14 heavy (non-hydrogen) atoms. The summed E-state index contributed by atoms with van der Waals surface area (Å²) in [5, 5.41) is 11.6. The van der Waals surface area contributed by atoms with E-state index in [2.05, 4.69) is 20.3 Å². The Morgan fingerprint density at radius 1 is 1.36 bits per heavy atom. The van der Waals surface area contributed by atoms with E-state index in [1.54, 1.807) is 0 Å². The van der Waals surface area contributed by atoms with Gasteiger partial charge in [0.25, 0.3) is 0 Å². The van der Waals surface area contributed by atoms with Crippen molar-refractivity contribution < 1.29 is 4.74 Å². The fourth-order valence-corrected chi connectivity index (χ4v) is 0.821. The number of nitrogens with zero attached hydrogens (tertiary/aromatic N) is 4. The van der Waals surface area contributed by atoms with E-state index in [0.717, 1.165) is 0 Å². The van der Waals surface area contributed by atoms with Crippen LogP contribution in [0.2, 0.25) is 0 Å². The van der Waals surface area contributed by atoms with E-state index < -0.39 is 0 Å². The quantitative estimate of drug-likeness (QED) is 0.755. The largest absolute Gasteiger partial charge is 0.467 e. The van der Waals surface area contributed by atoms with Gasteiger partial charge in [-0.1, -0.05) is 0 Å². The minimum absolute atomic E-state index is 0.0417. The van der Waals surface area contributed by atoms with Crippen LogP contribution in [-0.2, 0) is 0 Å². The van der Waals surface area contributed by atoms with Crippen molar-refractivity contribution in [3.8, 4) is 12.1 Å². The molecular weight excluding hydrogens is 182 g/mol. The molecular formula is C8H11N5O. The molecule has 1 heterocycles. The van der Waals surface area contributed by atoms with Crippen molar-refractivity contribution in [1.29, 1.82) is 5.26 Å². The number of hydrogen-bond acceptors (Lipinski definition) is 6. The molecule has 0 unspecified atom stereocenters. The van der Waals surface area contributed by atoms with E-state index in [1.807, 2.05) is 19.9 Å². The summed E-state index contributed by atoms with van der Waals surface area (Å²) in [7, 11) is 1.44. The average molecular weight is 193 g/mol. The van der Waals surface area contributed by atoms with Gasteiger partial charge >= 0.3 is 6.01 Å². The minimum atomic E-state index is 0.0417. The van der Waals surface area contributed by atoms with E-state index in [4.69, 9.17) is 10.00 Å². The first-order chi connectivity index (χ1) is 6.65. The average Bonchev–Trinajstić information content (AvgIpc) is 2.16. The van der Waals surface area contributed by atoms with E-state index in [9.17, 15) is 0 Å². The lowest BCUT2D eigenvalue weighted by Crippen LogP contribution is -2.14. The molecule has 0 fully saturated rings. The fraction of sp³-hybridized carbons (Fsp3) is 0.500. The minimum Gasteiger partial charge on any atom is -0.467 e. The van der Waals surface area contributed by atoms with Crippen LogP contribution in [0, 0.1) is 11.3 Å². The SMILES string of the molecule is COc1nc(C#N)nc(NC(C)C)n1. The lowest BCUT2D eigenvalue weighted by Gasteiger charge is -2.08. The molecule has 0 saturated carbocycles. The van der Waals surface area contributed by atoms with E-state index in [0.29, 0.717) is 5.95 Å². The van der Waals surface area contributed by atoms with Gasteiger partial charge in [-0.15, -0.1) is 0 Å². The number of methoxy groups -OCH3 is 1. The highest BCUT2D eigenvalue weighted by atomic mass is 16.5. The van der Waals surface area contributed by atoms with Gasteiger partial charge in [-0.2, -0.15) is 20.2 Å². The topological polar surface area (TPSA) is 83.7 Å². The molecule has 0 atom stereocenters. The Balaban J connectivity index is 3.00. The van der Waals surface area contributed by atoms with Crippen molar-refractivity contribution in [3.63, 3.8) is 0 Å². The van der Waals surface area contributed by atoms with Crippen LogP contribution in [0.15, 0.2) is 0 Å². The van der Waals surface area contributed by atoms with Gasteiger partial charge < -0.3 is 10.1 Å². The van der Waals surface area contributed by atoms with E-state index in [1.165, 1.54) is 7.11 Å². The van der Waals surface area contributed by atoms with Crippen LogP contribution in [0.25, 0.3) is 0 Å². The third kappa shape index (κ3) is 2.55. The van der Waals surface area contributed by atoms with Crippen molar-refractivity contribution >= 4 is 5.95 Å². The number of hydrogen-bond donors (Lipinski definition) is 1. The summed E-state index contributed by atoms with van der Waals surface area (Å²) in [4.78, 5) is 11.5. The van der Waals surface area contributed by atoms with Crippen molar-refractivity contribution in [2.24, 2.45) is 0 Å². The summed E-state index contributed by atoms with van der Waals surface area (Å²) in [5.41, 5.74) is 0. The Hall–Kier alpha value is -1.90. The first-order valence-corrected chi connectivity index (χ1v) is 4.12. The van der Waals surface area contributed by atoms with E-state index in [-0.39, 0.29) is 17.9 Å². The molecule has 0 spiro atoms. The molecule has 6 nitrogen and oxygen atoms in total. The van der Waals surface area contributed by atoms with Gasteiger partial charge in [0.2, 0.25) is 11.8 Å². The highest BCUT2D eigenvalue weighted by Gasteiger charge is 2.06. The number of ether oxygens (including phenoxy) is 1. The second-order valence-corrected chi connectivity index (χ2v) is 2.88. The number of anilines is 1. The molecule has 0 aliphatic rings. The number of nitriles is 1. The summed E-state index contributed by atoms with van der Waals surface area (Å²) >= 11 is 0. The fourth-order valence-electron chi connectivity index (χ4n) is 0.821. The van der Waals surface area contributed by atoms with Crippen LogP contribution in [-0.4, -0.2) is 28.1 Å². The highest BCUT2D eigenvalue weighted by molar-refractivity contribution is 5.29. The molecule has 0 bridgehead atoms. The predicted octanol–water partition coefficient (Wildman–Crippen LogP) is 0.572. The second-order valence-electron chi connectivity index (χ2n) is 2.88. The van der Waals surface area contributed by atoms with Crippen LogP contribution < -0.4 is 10.1 Å². The Kier molecular flexibility index (Phi) is 3.18. The number of nitrogens with one attached hydrogen (secondary N) is 1. The Bertz CT molecular complexity index is 357. The summed E-state index contributed by atoms with van der Waals surface area (Å²) in [6.07, 6.45) is 0. The molecule has 6 heteroatoms. The number of aromatic nitrogens is 3. The molecule has 0 saturated heterocycles. The molecule has 0 amide bonds. The zero-order chi connectivity index (χ0) is 10.6. The third-order valence-electron chi connectivity index (χ3n) is 1.32. The molecule has 0 aliphatic heterocycles. The van der Waals surface area contributed by atoms with Gasteiger partial charge in [-0.05, 0) is 13.8 Å². The molecule has 1 aromatic rings. The molecule has 0 radical (unpaired) electrons. The summed E-state index contributed by atoms with van der Waals surface area (Å²) in [6.45, 7) is 3.89. The number of rotatable bonds is 3. The van der Waals surface area contributed by atoms with Crippen molar-refractivity contribution in [1.82, 2.24) is 15.0 Å². The van der Waals surface area contributed by atoms with Crippen molar-refractivity contribution in [2.45, 2.75) is 19.9 Å². The van der Waals surface area contributed by atoms with Gasteiger partial charge in [0.15, 0.2) is 0 Å². The van der Waals surface area contributed by atoms with Crippen LogP contribution >= 0.6 is 0 Å². The van der Waals surface area contributed by atoms with Gasteiger partial charge in [0.1, 0.15) is 6.07 Å². The van der Waals surface area contributed by atoms with Crippen LogP contribution in [0.5, 0.6) is 6.01 Å². The standard InChI is InChI=1S/C8H11N5O/c1-5(2)10-7-11-6(4-9)12-8(13-7)14-3/h5H,1-3H3,(H,10,11,12,13). The summed E-state index contributed by atoms with van der Waals surface area (Å²) < 4.78 is 4.83. The molecule has 1 N–H and O–H groups in total. The maximum absolute atomic E-state index is 8.63. The third-order valence-corrected chi connectivity index (χ3v) is 1.32. The van der Waals surface area contributed by atoms with Gasteiger partial charge in [0.05, 0.1) is 7.11 Å². The molecule has 0 aliphatic carbocycles. The van der Waals surface area contributed by atoms with Crippen LogP contribution in [0.1, 0.15) is 19.7 Å². The predicted molar refractivity (Wildman–Crippen MR) is 49.9 cm³/mol. The zero-order valence-corrected chi connectivity index (χ0v) is 8.27. The Labute approximate surface area is 82.0 Å². The second kappa shape index (κ2) is 4.37. The van der Waals surface area contributed by atoms with Crippen molar-refractivity contribution in [2.75, 3.05) is 12.4 Å². The molecule has 74 valence electrons. The molecule has 1 aromatic heterocycles. The highest BCUT2D eigenvalue weighted by Crippen LogP contribution is 2.07. The first-order valence-electron chi connectivity index (χ1n) is 4.12. The normalized spacial score (nSPS) is 9.64. The Morgan fingerprint density at radius 3 is 2.57 bits per heavy atom. The molecule has 1 rings (SSSR count). The van der Waals surface area contributed by atoms with Crippen LogP contribution in [0.4, 0.5) is 5.95 Å². The zero-order valence-electron chi connectivity index (χ0n) is 8.27. The van der Waals surface area contributed by atoms with Gasteiger partial charge in [0, 0.05) is 6.04 Å². The molecule has 0 aromatic carbocycles. The monoisotopic (exact) mass is 193 g/mol. The summed E-state index contributed by atoms with van der Waals surface area (Å²) in [5.74, 6) is 0.392. The Morgan fingerprint density at radius 2 is 2.07 bits per heavy atom. The van der Waals surface area contributed by atoms with Gasteiger partial charge in [-0.3, -0.25) is 0 Å². The van der Waals surface area contributed by atoms with Gasteiger partial charge in [-0.25, -0.2) is 0 Å². The van der Waals surface area contributed by atoms with Crippen LogP contribution in [0.3, 0.4) is 0 Å². The first kappa shape index (κ1) is 10.2. The summed E-state index contributed by atoms with van der Waals surface area (Å²) in [6, 6.07) is 2.16. The maximum atomic E-state index is 8.63.